The molecule has 1 aromatic carbocycles. The van der Waals surface area contributed by atoms with Gasteiger partial charge in [-0.2, -0.15) is 5.10 Å². The van der Waals surface area contributed by atoms with Gasteiger partial charge in [0.1, 0.15) is 0 Å². The number of rotatable bonds is 3. The topological polar surface area (TPSA) is 51.0 Å². The first-order valence-corrected chi connectivity index (χ1v) is 9.86. The maximum absolute atomic E-state index is 13.5. The van der Waals surface area contributed by atoms with E-state index in [0.717, 1.165) is 47.1 Å². The van der Waals surface area contributed by atoms with Crippen molar-refractivity contribution in [1.82, 2.24) is 19.7 Å². The van der Waals surface area contributed by atoms with E-state index in [1.165, 1.54) is 18.4 Å². The molecular weight excluding hydrogens is 336 g/mol. The summed E-state index contributed by atoms with van der Waals surface area (Å²) < 4.78 is 1.77. The van der Waals surface area contributed by atoms with Crippen LogP contribution in [0.5, 0.6) is 0 Å². The van der Waals surface area contributed by atoms with Crippen LogP contribution in [0.15, 0.2) is 36.7 Å². The molecule has 138 valence electrons. The van der Waals surface area contributed by atoms with Crippen LogP contribution in [0.25, 0.3) is 22.2 Å². The summed E-state index contributed by atoms with van der Waals surface area (Å²) in [5.41, 5.74) is 4.64. The molecular formula is C22H24N4O. The van der Waals surface area contributed by atoms with Crippen LogP contribution in [0.1, 0.15) is 42.1 Å². The average molecular weight is 360 g/mol. The number of hydrogen-bond donors (Lipinski definition) is 0. The third-order valence-corrected chi connectivity index (χ3v) is 6.18. The minimum Gasteiger partial charge on any atom is -0.335 e. The summed E-state index contributed by atoms with van der Waals surface area (Å²) in [7, 11) is 1.89. The number of likely N-dealkylation sites (tertiary alicyclic amines) is 1. The van der Waals surface area contributed by atoms with Gasteiger partial charge in [-0.15, -0.1) is 0 Å². The van der Waals surface area contributed by atoms with Crippen molar-refractivity contribution in [2.75, 3.05) is 6.54 Å². The third kappa shape index (κ3) is 2.73. The van der Waals surface area contributed by atoms with E-state index in [9.17, 15) is 4.79 Å². The molecule has 3 aromatic rings. The molecule has 2 bridgehead atoms. The van der Waals surface area contributed by atoms with Crippen molar-refractivity contribution in [3.63, 3.8) is 0 Å². The molecule has 1 aliphatic heterocycles. The molecule has 5 nitrogen and oxygen atoms in total. The van der Waals surface area contributed by atoms with Gasteiger partial charge in [0.15, 0.2) is 0 Å². The number of carbonyl (C=O) groups excluding carboxylic acids is 1. The van der Waals surface area contributed by atoms with Gasteiger partial charge in [-0.3, -0.25) is 9.48 Å². The lowest BCUT2D eigenvalue weighted by atomic mass is 10.0. The molecule has 5 rings (SSSR count). The Kier molecular flexibility index (Phi) is 3.78. The monoisotopic (exact) mass is 360 g/mol. The molecule has 1 saturated heterocycles. The Morgan fingerprint density at radius 1 is 1.26 bits per heavy atom. The molecule has 2 aliphatic rings. The highest BCUT2D eigenvalue weighted by Crippen LogP contribution is 2.39. The zero-order valence-corrected chi connectivity index (χ0v) is 15.9. The fraction of sp³-hybridized carbons (Fsp3) is 0.409. The van der Waals surface area contributed by atoms with Crippen molar-refractivity contribution in [1.29, 1.82) is 0 Å². The van der Waals surface area contributed by atoms with E-state index in [0.29, 0.717) is 12.0 Å². The predicted octanol–water partition coefficient (Wildman–Crippen LogP) is 3.82. The Hall–Kier alpha value is -2.69. The van der Waals surface area contributed by atoms with Crippen LogP contribution in [-0.4, -0.2) is 38.2 Å². The zero-order chi connectivity index (χ0) is 18.5. The molecule has 5 heteroatoms. The van der Waals surface area contributed by atoms with Crippen LogP contribution in [-0.2, 0) is 13.5 Å². The quantitative estimate of drug-likeness (QED) is 0.713. The smallest absolute Gasteiger partial charge is 0.254 e. The van der Waals surface area contributed by atoms with Gasteiger partial charge in [0.2, 0.25) is 0 Å². The van der Waals surface area contributed by atoms with Crippen LogP contribution in [0.2, 0.25) is 0 Å². The first-order valence-electron chi connectivity index (χ1n) is 9.86. The van der Waals surface area contributed by atoms with Gasteiger partial charge in [0, 0.05) is 36.8 Å². The number of fused-ring (bicyclic) bond motifs is 3. The maximum Gasteiger partial charge on any atom is 0.254 e. The number of benzene rings is 1. The molecule has 0 unspecified atom stereocenters. The van der Waals surface area contributed by atoms with E-state index in [-0.39, 0.29) is 5.91 Å². The minimum atomic E-state index is 0.160. The van der Waals surface area contributed by atoms with Crippen molar-refractivity contribution in [3.05, 3.63) is 47.8 Å². The van der Waals surface area contributed by atoms with Crippen LogP contribution in [0.3, 0.4) is 0 Å². The number of piperidine rings is 1. The van der Waals surface area contributed by atoms with Gasteiger partial charge in [-0.1, -0.05) is 13.0 Å². The summed E-state index contributed by atoms with van der Waals surface area (Å²) in [6.45, 7) is 3.04. The number of hydrogen-bond acceptors (Lipinski definition) is 3. The molecule has 1 aliphatic carbocycles. The summed E-state index contributed by atoms with van der Waals surface area (Å²) in [5, 5.41) is 5.23. The fourth-order valence-corrected chi connectivity index (χ4v) is 4.70. The molecule has 27 heavy (non-hydrogen) atoms. The highest BCUT2D eigenvalue weighted by molar-refractivity contribution is 6.07. The van der Waals surface area contributed by atoms with Crippen molar-refractivity contribution < 1.29 is 4.79 Å². The molecule has 0 radical (unpaired) electrons. The predicted molar refractivity (Wildman–Crippen MR) is 105 cm³/mol. The Morgan fingerprint density at radius 3 is 2.81 bits per heavy atom. The highest BCUT2D eigenvalue weighted by Gasteiger charge is 2.40. The molecule has 0 N–H and O–H groups in total. The summed E-state index contributed by atoms with van der Waals surface area (Å²) in [6, 6.07) is 8.67. The van der Waals surface area contributed by atoms with Crippen molar-refractivity contribution in [2.24, 2.45) is 13.0 Å². The van der Waals surface area contributed by atoms with E-state index in [1.54, 1.807) is 10.9 Å². The van der Waals surface area contributed by atoms with E-state index < -0.39 is 0 Å². The standard InChI is InChI=1S/C22H24N4O/c1-3-14-5-7-20-18(9-14)19(10-21(24-20)16-11-23-25(2)13-16)22(27)26-12-15-4-6-17(26)8-15/h5,7,9-11,13,15,17H,3-4,6,8,12H2,1-2H3/t15-,17-/m1/s1. The number of carbonyl (C=O) groups is 1. The minimum absolute atomic E-state index is 0.160. The first kappa shape index (κ1) is 16.5. The van der Waals surface area contributed by atoms with Gasteiger partial charge in [-0.05, 0) is 55.4 Å². The Morgan fingerprint density at radius 2 is 2.15 bits per heavy atom. The van der Waals surface area contributed by atoms with Gasteiger partial charge < -0.3 is 4.90 Å². The van der Waals surface area contributed by atoms with Crippen molar-refractivity contribution in [2.45, 2.75) is 38.6 Å². The molecule has 2 aromatic heterocycles. The lowest BCUT2D eigenvalue weighted by Gasteiger charge is -2.27. The molecule has 2 atom stereocenters. The Labute approximate surface area is 159 Å². The lowest BCUT2D eigenvalue weighted by Crippen LogP contribution is -2.37. The van der Waals surface area contributed by atoms with Gasteiger partial charge in [0.05, 0.1) is 23.0 Å². The second-order valence-electron chi connectivity index (χ2n) is 7.95. The maximum atomic E-state index is 13.5. The fourth-order valence-electron chi connectivity index (χ4n) is 4.70. The third-order valence-electron chi connectivity index (χ3n) is 6.18. The van der Waals surface area contributed by atoms with Gasteiger partial charge in [-0.25, -0.2) is 4.98 Å². The Bertz CT molecular complexity index is 1040. The second kappa shape index (κ2) is 6.19. The molecule has 1 saturated carbocycles. The largest absolute Gasteiger partial charge is 0.335 e. The summed E-state index contributed by atoms with van der Waals surface area (Å²) >= 11 is 0. The SMILES string of the molecule is CCc1ccc2nc(-c3cnn(C)c3)cc(C(=O)N3C[C@@H]4CC[C@@H]3C4)c2c1. The zero-order valence-electron chi connectivity index (χ0n) is 15.9. The molecule has 1 amide bonds. The van der Waals surface area contributed by atoms with Gasteiger partial charge >= 0.3 is 0 Å². The summed E-state index contributed by atoms with van der Waals surface area (Å²) in [6.07, 6.45) is 8.29. The molecule has 0 spiro atoms. The van der Waals surface area contributed by atoms with E-state index in [1.807, 2.05) is 25.4 Å². The van der Waals surface area contributed by atoms with Crippen LogP contribution >= 0.6 is 0 Å². The number of nitrogens with zero attached hydrogens (tertiary/aromatic N) is 4. The summed E-state index contributed by atoms with van der Waals surface area (Å²) in [4.78, 5) is 20.4. The number of aromatic nitrogens is 3. The first-order chi connectivity index (χ1) is 13.1. The average Bonchev–Trinajstić information content (AvgIpc) is 3.43. The number of amides is 1. The number of aryl methyl sites for hydroxylation is 2. The van der Waals surface area contributed by atoms with Crippen molar-refractivity contribution in [3.8, 4) is 11.3 Å². The summed E-state index contributed by atoms with van der Waals surface area (Å²) in [5.74, 6) is 0.851. The van der Waals surface area contributed by atoms with E-state index in [2.05, 4.69) is 29.1 Å². The Balaban J connectivity index is 1.66. The molecule has 2 fully saturated rings. The van der Waals surface area contributed by atoms with E-state index in [4.69, 9.17) is 4.98 Å². The highest BCUT2D eigenvalue weighted by atomic mass is 16.2. The number of pyridine rings is 1. The normalized spacial score (nSPS) is 21.3. The second-order valence-corrected chi connectivity index (χ2v) is 7.95. The van der Waals surface area contributed by atoms with Crippen LogP contribution < -0.4 is 0 Å². The lowest BCUT2D eigenvalue weighted by molar-refractivity contribution is 0.0705. The van der Waals surface area contributed by atoms with Gasteiger partial charge in [0.25, 0.3) is 5.91 Å². The van der Waals surface area contributed by atoms with Crippen LogP contribution in [0.4, 0.5) is 0 Å². The van der Waals surface area contributed by atoms with Crippen molar-refractivity contribution >= 4 is 16.8 Å². The van der Waals surface area contributed by atoms with Crippen LogP contribution in [0, 0.1) is 5.92 Å². The molecule has 3 heterocycles. The van der Waals surface area contributed by atoms with E-state index >= 15 is 0 Å².